The zero-order chi connectivity index (χ0) is 35.4. The van der Waals surface area contributed by atoms with Crippen LogP contribution in [0.2, 0.25) is 0 Å². The number of hydrogen-bond acceptors (Lipinski definition) is 8. The van der Waals surface area contributed by atoms with Gasteiger partial charge in [0.1, 0.15) is 6.61 Å². The summed E-state index contributed by atoms with van der Waals surface area (Å²) in [5.41, 5.74) is 5.32. The highest BCUT2D eigenvalue weighted by molar-refractivity contribution is 7.47. The maximum absolute atomic E-state index is 12.5. The first kappa shape index (κ1) is 46.5. The van der Waals surface area contributed by atoms with E-state index in [0.717, 1.165) is 32.1 Å². The van der Waals surface area contributed by atoms with E-state index >= 15 is 0 Å². The maximum atomic E-state index is 12.5. The monoisotopic (exact) mass is 701 g/mol. The Morgan fingerprint density at radius 2 is 1.12 bits per heavy atom. The van der Waals surface area contributed by atoms with Crippen LogP contribution in [-0.2, 0) is 32.7 Å². The average molecular weight is 702 g/mol. The molecule has 282 valence electrons. The number of phosphoric acid groups is 1. The van der Waals surface area contributed by atoms with Gasteiger partial charge in [0.25, 0.3) is 0 Å². The van der Waals surface area contributed by atoms with Gasteiger partial charge in [0, 0.05) is 19.4 Å². The minimum absolute atomic E-state index is 0.0472. The van der Waals surface area contributed by atoms with Crippen molar-refractivity contribution in [2.24, 2.45) is 5.73 Å². The van der Waals surface area contributed by atoms with Crippen LogP contribution in [-0.4, -0.2) is 49.3 Å². The lowest BCUT2D eigenvalue weighted by Crippen LogP contribution is -2.29. The SMILES string of the molecule is CCCCCCCC/C=C/C/C=C/CCC(=O)OC(COC(=O)CCCCCCCCCCCCCCCC)COP(=O)(O)OCCN. The number of rotatable bonds is 36. The number of carbonyl (C=O) groups is 2. The first-order valence-electron chi connectivity index (χ1n) is 19.3. The van der Waals surface area contributed by atoms with Gasteiger partial charge >= 0.3 is 19.8 Å². The molecule has 3 N–H and O–H groups in total. The van der Waals surface area contributed by atoms with Crippen molar-refractivity contribution >= 4 is 19.8 Å². The Kier molecular flexibility index (Phi) is 34.2. The molecule has 0 aromatic heterocycles. The Balaban J connectivity index is 4.28. The second-order valence-electron chi connectivity index (χ2n) is 12.8. The number of esters is 2. The average Bonchev–Trinajstić information content (AvgIpc) is 3.07. The Hall–Kier alpha value is -1.51. The van der Waals surface area contributed by atoms with Crippen molar-refractivity contribution in [3.8, 4) is 0 Å². The molecule has 0 saturated carbocycles. The van der Waals surface area contributed by atoms with Crippen LogP contribution in [0.15, 0.2) is 24.3 Å². The van der Waals surface area contributed by atoms with Crippen LogP contribution in [0.4, 0.5) is 0 Å². The van der Waals surface area contributed by atoms with Gasteiger partial charge in [-0.25, -0.2) is 4.57 Å². The number of hydrogen-bond donors (Lipinski definition) is 2. The molecule has 0 fully saturated rings. The molecule has 0 saturated heterocycles. The molecule has 0 spiro atoms. The molecular formula is C38H72NO8P. The molecule has 0 aliphatic heterocycles. The summed E-state index contributed by atoms with van der Waals surface area (Å²) in [6, 6.07) is 0. The van der Waals surface area contributed by atoms with Crippen molar-refractivity contribution in [2.75, 3.05) is 26.4 Å². The topological polar surface area (TPSA) is 134 Å². The normalized spacial score (nSPS) is 13.7. The summed E-state index contributed by atoms with van der Waals surface area (Å²) in [4.78, 5) is 34.6. The van der Waals surface area contributed by atoms with E-state index in [2.05, 4.69) is 26.0 Å². The highest BCUT2D eigenvalue weighted by atomic mass is 31.2. The van der Waals surface area contributed by atoms with Crippen LogP contribution in [0.5, 0.6) is 0 Å². The Bertz CT molecular complexity index is 851. The molecule has 0 aromatic carbocycles. The maximum Gasteiger partial charge on any atom is 0.472 e. The molecule has 48 heavy (non-hydrogen) atoms. The van der Waals surface area contributed by atoms with Crippen LogP contribution in [0.25, 0.3) is 0 Å². The third-order valence-corrected chi connectivity index (χ3v) is 9.09. The Morgan fingerprint density at radius 1 is 0.625 bits per heavy atom. The molecule has 2 atom stereocenters. The fourth-order valence-corrected chi connectivity index (χ4v) is 5.98. The van der Waals surface area contributed by atoms with Crippen LogP contribution >= 0.6 is 7.82 Å². The molecule has 0 aliphatic rings. The highest BCUT2D eigenvalue weighted by Gasteiger charge is 2.25. The molecule has 2 unspecified atom stereocenters. The van der Waals surface area contributed by atoms with Gasteiger partial charge in [0.2, 0.25) is 0 Å². The van der Waals surface area contributed by atoms with Gasteiger partial charge < -0.3 is 20.1 Å². The molecular weight excluding hydrogens is 629 g/mol. The number of nitrogens with two attached hydrogens (primary N) is 1. The minimum atomic E-state index is -4.38. The van der Waals surface area contributed by atoms with Gasteiger partial charge in [-0.05, 0) is 32.1 Å². The van der Waals surface area contributed by atoms with Crippen molar-refractivity contribution in [1.82, 2.24) is 0 Å². The summed E-state index contributed by atoms with van der Waals surface area (Å²) < 4.78 is 32.6. The molecule has 10 heteroatoms. The summed E-state index contributed by atoms with van der Waals surface area (Å²) in [6.07, 6.45) is 35.1. The summed E-state index contributed by atoms with van der Waals surface area (Å²) in [6.45, 7) is 3.65. The van der Waals surface area contributed by atoms with Crippen molar-refractivity contribution in [3.63, 3.8) is 0 Å². The van der Waals surface area contributed by atoms with Gasteiger partial charge in [-0.1, -0.05) is 154 Å². The highest BCUT2D eigenvalue weighted by Crippen LogP contribution is 2.43. The molecule has 0 bridgehead atoms. The van der Waals surface area contributed by atoms with E-state index in [1.807, 2.05) is 12.2 Å². The lowest BCUT2D eigenvalue weighted by molar-refractivity contribution is -0.161. The fourth-order valence-electron chi connectivity index (χ4n) is 5.22. The van der Waals surface area contributed by atoms with Crippen LogP contribution in [0.1, 0.15) is 174 Å². The minimum Gasteiger partial charge on any atom is -0.462 e. The Labute approximate surface area is 293 Å². The van der Waals surface area contributed by atoms with Gasteiger partial charge in [0.15, 0.2) is 6.10 Å². The van der Waals surface area contributed by atoms with E-state index in [1.54, 1.807) is 0 Å². The molecule has 9 nitrogen and oxygen atoms in total. The molecule has 0 heterocycles. The Morgan fingerprint density at radius 3 is 1.67 bits per heavy atom. The largest absolute Gasteiger partial charge is 0.472 e. The van der Waals surface area contributed by atoms with Crippen molar-refractivity contribution in [2.45, 2.75) is 180 Å². The van der Waals surface area contributed by atoms with E-state index in [-0.39, 0.29) is 32.6 Å². The van der Waals surface area contributed by atoms with Gasteiger partial charge in [-0.3, -0.25) is 18.6 Å². The number of ether oxygens (including phenoxy) is 2. The second-order valence-corrected chi connectivity index (χ2v) is 14.3. The summed E-state index contributed by atoms with van der Waals surface area (Å²) in [5.74, 6) is -0.903. The predicted octanol–water partition coefficient (Wildman–Crippen LogP) is 10.4. The summed E-state index contributed by atoms with van der Waals surface area (Å²) >= 11 is 0. The summed E-state index contributed by atoms with van der Waals surface area (Å²) in [7, 11) is -4.38. The first-order valence-corrected chi connectivity index (χ1v) is 20.8. The van der Waals surface area contributed by atoms with Gasteiger partial charge in [-0.15, -0.1) is 0 Å². The second kappa shape index (κ2) is 35.3. The predicted molar refractivity (Wildman–Crippen MR) is 197 cm³/mol. The number of phosphoric ester groups is 1. The van der Waals surface area contributed by atoms with E-state index in [4.69, 9.17) is 24.3 Å². The smallest absolute Gasteiger partial charge is 0.462 e. The van der Waals surface area contributed by atoms with Crippen molar-refractivity contribution in [1.29, 1.82) is 0 Å². The van der Waals surface area contributed by atoms with Gasteiger partial charge in [-0.2, -0.15) is 0 Å². The third-order valence-electron chi connectivity index (χ3n) is 8.10. The van der Waals surface area contributed by atoms with Crippen LogP contribution < -0.4 is 5.73 Å². The van der Waals surface area contributed by atoms with Crippen molar-refractivity contribution < 1.29 is 37.6 Å². The van der Waals surface area contributed by atoms with Crippen LogP contribution in [0.3, 0.4) is 0 Å². The van der Waals surface area contributed by atoms with E-state index < -0.39 is 32.5 Å². The summed E-state index contributed by atoms with van der Waals surface area (Å²) in [5, 5.41) is 0. The number of unbranched alkanes of at least 4 members (excludes halogenated alkanes) is 19. The zero-order valence-electron chi connectivity index (χ0n) is 30.7. The lowest BCUT2D eigenvalue weighted by Gasteiger charge is -2.19. The van der Waals surface area contributed by atoms with Crippen LogP contribution in [0, 0.1) is 0 Å². The number of allylic oxidation sites excluding steroid dienone is 4. The first-order chi connectivity index (χ1) is 23.3. The van der Waals surface area contributed by atoms with Crippen molar-refractivity contribution in [3.05, 3.63) is 24.3 Å². The quantitative estimate of drug-likeness (QED) is 0.0283. The fraction of sp³-hybridized carbons (Fsp3) is 0.842. The third kappa shape index (κ3) is 34.4. The number of carbonyl (C=O) groups excluding carboxylic acids is 2. The van der Waals surface area contributed by atoms with E-state index in [1.165, 1.54) is 109 Å². The molecule has 0 radical (unpaired) electrons. The van der Waals surface area contributed by atoms with E-state index in [0.29, 0.717) is 6.42 Å². The molecule has 0 aromatic rings. The lowest BCUT2D eigenvalue weighted by atomic mass is 10.0. The van der Waals surface area contributed by atoms with E-state index in [9.17, 15) is 19.0 Å². The standard InChI is InChI=1S/C38H72NO8P/c1-3-5-7-9-11-13-15-17-19-20-22-24-26-28-30-37(40)44-34-36(35-46-48(42,43)45-33-32-39)47-38(41)31-29-27-25-23-21-18-16-14-12-10-8-6-4-2/h18,21,25,27,36H,3-17,19-20,22-24,26,28-35,39H2,1-2H3,(H,42,43)/b21-18+,27-25+. The molecule has 0 rings (SSSR count). The molecule has 0 aliphatic carbocycles. The zero-order valence-corrected chi connectivity index (χ0v) is 31.6. The molecule has 0 amide bonds. The van der Waals surface area contributed by atoms with Gasteiger partial charge in [0.05, 0.1) is 13.2 Å².